The molecule has 0 bridgehead atoms. The van der Waals surface area contributed by atoms with E-state index in [9.17, 15) is 18.0 Å². The summed E-state index contributed by atoms with van der Waals surface area (Å²) in [4.78, 5) is 25.3. The predicted molar refractivity (Wildman–Crippen MR) is 86.0 cm³/mol. The highest BCUT2D eigenvalue weighted by atomic mass is 32.2. The summed E-state index contributed by atoms with van der Waals surface area (Å²) in [5.74, 6) is -1.80. The van der Waals surface area contributed by atoms with Gasteiger partial charge >= 0.3 is 5.97 Å². The van der Waals surface area contributed by atoms with Crippen molar-refractivity contribution in [3.8, 4) is 0 Å². The maximum absolute atomic E-state index is 12.6. The number of aliphatic carboxylic acids is 1. The molecule has 0 spiro atoms. The molecule has 2 fully saturated rings. The van der Waals surface area contributed by atoms with Crippen molar-refractivity contribution in [1.29, 1.82) is 0 Å². The molecule has 7 nitrogen and oxygen atoms in total. The summed E-state index contributed by atoms with van der Waals surface area (Å²) in [5, 5.41) is 9.12. The van der Waals surface area contributed by atoms with Crippen LogP contribution in [0.1, 0.15) is 36.0 Å². The molecule has 130 valence electrons. The van der Waals surface area contributed by atoms with Gasteiger partial charge < -0.3 is 10.0 Å². The number of likely N-dealkylation sites (tertiary alicyclic amines) is 1. The lowest BCUT2D eigenvalue weighted by molar-refractivity contribution is -0.143. The van der Waals surface area contributed by atoms with Crippen molar-refractivity contribution in [3.05, 3.63) is 29.8 Å². The van der Waals surface area contributed by atoms with Crippen LogP contribution in [0.5, 0.6) is 0 Å². The molecule has 1 atom stereocenters. The number of carboxylic acid groups (broad SMARTS) is 1. The number of benzene rings is 1. The van der Waals surface area contributed by atoms with E-state index in [0.29, 0.717) is 19.4 Å². The van der Waals surface area contributed by atoms with E-state index in [1.165, 1.54) is 23.1 Å². The van der Waals surface area contributed by atoms with Gasteiger partial charge in [-0.25, -0.2) is 13.1 Å². The third kappa shape index (κ3) is 3.76. The third-order valence-electron chi connectivity index (χ3n) is 4.35. The van der Waals surface area contributed by atoms with Crippen LogP contribution in [-0.4, -0.2) is 49.4 Å². The zero-order valence-corrected chi connectivity index (χ0v) is 14.0. The second-order valence-corrected chi connectivity index (χ2v) is 8.07. The Balaban J connectivity index is 1.78. The third-order valence-corrected chi connectivity index (χ3v) is 5.87. The van der Waals surface area contributed by atoms with Crippen LogP contribution < -0.4 is 4.72 Å². The number of carbonyl (C=O) groups excluding carboxylic acids is 1. The minimum Gasteiger partial charge on any atom is -0.481 e. The molecule has 1 aromatic carbocycles. The lowest BCUT2D eigenvalue weighted by Crippen LogP contribution is -2.42. The fourth-order valence-electron chi connectivity index (χ4n) is 2.83. The van der Waals surface area contributed by atoms with Crippen LogP contribution in [0.15, 0.2) is 29.2 Å². The van der Waals surface area contributed by atoms with Gasteiger partial charge in [0.05, 0.1) is 10.8 Å². The summed E-state index contributed by atoms with van der Waals surface area (Å²) in [6.07, 6.45) is 2.85. The van der Waals surface area contributed by atoms with E-state index in [2.05, 4.69) is 4.72 Å². The molecule has 3 rings (SSSR count). The Hall–Kier alpha value is -1.93. The van der Waals surface area contributed by atoms with E-state index in [1.54, 1.807) is 6.07 Å². The zero-order chi connectivity index (χ0) is 17.3. The molecular formula is C16H20N2O5S. The van der Waals surface area contributed by atoms with Gasteiger partial charge in [-0.2, -0.15) is 0 Å². The highest BCUT2D eigenvalue weighted by molar-refractivity contribution is 7.89. The van der Waals surface area contributed by atoms with Gasteiger partial charge in [0.25, 0.3) is 5.91 Å². The first-order valence-electron chi connectivity index (χ1n) is 8.01. The number of sulfonamides is 1. The van der Waals surface area contributed by atoms with Gasteiger partial charge in [0.1, 0.15) is 0 Å². The van der Waals surface area contributed by atoms with Crippen molar-refractivity contribution < 1.29 is 23.1 Å². The van der Waals surface area contributed by atoms with Crippen LogP contribution >= 0.6 is 0 Å². The molecule has 2 N–H and O–H groups in total. The molecule has 2 aliphatic rings. The maximum atomic E-state index is 12.6. The first-order chi connectivity index (χ1) is 11.4. The Morgan fingerprint density at radius 2 is 1.96 bits per heavy atom. The first kappa shape index (κ1) is 16.9. The van der Waals surface area contributed by atoms with E-state index in [0.717, 1.165) is 12.8 Å². The highest BCUT2D eigenvalue weighted by Gasteiger charge is 2.30. The second kappa shape index (κ2) is 6.52. The summed E-state index contributed by atoms with van der Waals surface area (Å²) in [5.41, 5.74) is 0.264. The van der Waals surface area contributed by atoms with Crippen molar-refractivity contribution >= 4 is 21.9 Å². The van der Waals surface area contributed by atoms with Crippen molar-refractivity contribution in [1.82, 2.24) is 9.62 Å². The van der Waals surface area contributed by atoms with Crippen LogP contribution in [0.3, 0.4) is 0 Å². The maximum Gasteiger partial charge on any atom is 0.308 e. The van der Waals surface area contributed by atoms with Gasteiger partial charge in [-0.1, -0.05) is 6.07 Å². The highest BCUT2D eigenvalue weighted by Crippen LogP contribution is 2.23. The largest absolute Gasteiger partial charge is 0.481 e. The standard InChI is InChI=1S/C16H20N2O5S/c19-15(18-8-2-4-12(10-18)16(20)21)11-3-1-5-14(9-11)24(22,23)17-13-6-7-13/h1,3,5,9,12-13,17H,2,4,6-8,10H2,(H,20,21). The molecule has 1 saturated heterocycles. The smallest absolute Gasteiger partial charge is 0.308 e. The van der Waals surface area contributed by atoms with Crippen LogP contribution in [-0.2, 0) is 14.8 Å². The summed E-state index contributed by atoms with van der Waals surface area (Å²) in [6, 6.07) is 5.90. The normalized spacial score (nSPS) is 21.5. The van der Waals surface area contributed by atoms with E-state index >= 15 is 0 Å². The van der Waals surface area contributed by atoms with Crippen molar-refractivity contribution in [2.75, 3.05) is 13.1 Å². The van der Waals surface area contributed by atoms with Crippen LogP contribution in [0.4, 0.5) is 0 Å². The molecule has 1 saturated carbocycles. The lowest BCUT2D eigenvalue weighted by atomic mass is 9.97. The Labute approximate surface area is 140 Å². The topological polar surface area (TPSA) is 104 Å². The molecule has 1 unspecified atom stereocenters. The second-order valence-electron chi connectivity index (χ2n) is 6.35. The number of rotatable bonds is 5. The van der Waals surface area contributed by atoms with Gasteiger partial charge in [0.15, 0.2) is 0 Å². The molecule has 1 amide bonds. The number of piperidine rings is 1. The predicted octanol–water partition coefficient (Wildman–Crippen LogP) is 1.06. The Kier molecular flexibility index (Phi) is 4.60. The first-order valence-corrected chi connectivity index (χ1v) is 9.49. The van der Waals surface area contributed by atoms with Crippen molar-refractivity contribution in [3.63, 3.8) is 0 Å². The van der Waals surface area contributed by atoms with Crippen molar-refractivity contribution in [2.24, 2.45) is 5.92 Å². The molecule has 1 aliphatic carbocycles. The molecule has 0 radical (unpaired) electrons. The average molecular weight is 352 g/mol. The number of nitrogens with zero attached hydrogens (tertiary/aromatic N) is 1. The molecular weight excluding hydrogens is 332 g/mol. The number of nitrogens with one attached hydrogen (secondary N) is 1. The summed E-state index contributed by atoms with van der Waals surface area (Å²) < 4.78 is 27.1. The van der Waals surface area contributed by atoms with Crippen LogP contribution in [0.25, 0.3) is 0 Å². The molecule has 1 aromatic rings. The summed E-state index contributed by atoms with van der Waals surface area (Å²) in [7, 11) is -3.62. The van der Waals surface area contributed by atoms with Crippen LogP contribution in [0, 0.1) is 5.92 Å². The molecule has 1 aliphatic heterocycles. The SMILES string of the molecule is O=C(O)C1CCCN(C(=O)c2cccc(S(=O)(=O)NC3CC3)c2)C1. The van der Waals surface area contributed by atoms with Gasteiger partial charge in [-0.3, -0.25) is 9.59 Å². The quantitative estimate of drug-likeness (QED) is 0.825. The monoisotopic (exact) mass is 352 g/mol. The number of carbonyl (C=O) groups is 2. The number of amides is 1. The minimum absolute atomic E-state index is 0.00669. The minimum atomic E-state index is -3.62. The number of hydrogen-bond acceptors (Lipinski definition) is 4. The average Bonchev–Trinajstić information content (AvgIpc) is 3.37. The van der Waals surface area contributed by atoms with Gasteiger partial charge in [-0.05, 0) is 43.9 Å². The molecule has 0 aromatic heterocycles. The fourth-order valence-corrected chi connectivity index (χ4v) is 4.18. The van der Waals surface area contributed by atoms with Crippen LogP contribution in [0.2, 0.25) is 0 Å². The van der Waals surface area contributed by atoms with E-state index in [4.69, 9.17) is 5.11 Å². The number of carboxylic acids is 1. The number of hydrogen-bond donors (Lipinski definition) is 2. The Bertz CT molecular complexity index is 757. The van der Waals surface area contributed by atoms with E-state index in [-0.39, 0.29) is 29.0 Å². The zero-order valence-electron chi connectivity index (χ0n) is 13.1. The molecule has 1 heterocycles. The summed E-state index contributed by atoms with van der Waals surface area (Å²) >= 11 is 0. The van der Waals surface area contributed by atoms with E-state index < -0.39 is 21.9 Å². The van der Waals surface area contributed by atoms with Gasteiger partial charge in [0.2, 0.25) is 10.0 Å². The molecule has 8 heteroatoms. The van der Waals surface area contributed by atoms with Crippen molar-refractivity contribution in [2.45, 2.75) is 36.6 Å². The Morgan fingerprint density at radius 1 is 1.21 bits per heavy atom. The van der Waals surface area contributed by atoms with E-state index in [1.807, 2.05) is 0 Å². The molecule has 24 heavy (non-hydrogen) atoms. The van der Waals surface area contributed by atoms with Gasteiger partial charge in [0, 0.05) is 24.7 Å². The lowest BCUT2D eigenvalue weighted by Gasteiger charge is -2.30. The van der Waals surface area contributed by atoms with Gasteiger partial charge in [-0.15, -0.1) is 0 Å². The fraction of sp³-hybridized carbons (Fsp3) is 0.500. The summed E-state index contributed by atoms with van der Waals surface area (Å²) in [6.45, 7) is 0.644. The Morgan fingerprint density at radius 3 is 2.62 bits per heavy atom.